The molecule has 2 N–H and O–H groups in total. The maximum Gasteiger partial charge on any atom is 0.358 e. The van der Waals surface area contributed by atoms with Crippen molar-refractivity contribution in [1.29, 1.82) is 0 Å². The lowest BCUT2D eigenvalue weighted by Gasteiger charge is -2.32. The van der Waals surface area contributed by atoms with E-state index in [1.165, 1.54) is 18.7 Å². The number of phenolic OH excluding ortho intramolecular Hbond substituents is 2. The molecule has 0 bridgehead atoms. The largest absolute Gasteiger partial charge is 0.507 e. The van der Waals surface area contributed by atoms with Crippen molar-refractivity contribution in [3.8, 4) is 28.6 Å². The number of piperazine rings is 1. The van der Waals surface area contributed by atoms with Crippen molar-refractivity contribution in [2.75, 3.05) is 40.3 Å². The van der Waals surface area contributed by atoms with Gasteiger partial charge in [-0.2, -0.15) is 0 Å². The van der Waals surface area contributed by atoms with Crippen LogP contribution in [0.4, 0.5) is 0 Å². The molecule has 8 nitrogen and oxygen atoms in total. The van der Waals surface area contributed by atoms with E-state index < -0.39 is 5.97 Å². The van der Waals surface area contributed by atoms with Crippen LogP contribution < -0.4 is 0 Å². The van der Waals surface area contributed by atoms with Gasteiger partial charge in [-0.25, -0.2) is 9.78 Å². The fraction of sp³-hybridized carbons (Fsp3) is 0.304. The van der Waals surface area contributed by atoms with E-state index in [9.17, 15) is 15.0 Å². The van der Waals surface area contributed by atoms with Crippen LogP contribution in [-0.4, -0.2) is 75.9 Å². The predicted molar refractivity (Wildman–Crippen MR) is 121 cm³/mol. The van der Waals surface area contributed by atoms with Crippen molar-refractivity contribution in [2.24, 2.45) is 0 Å². The van der Waals surface area contributed by atoms with Gasteiger partial charge in [-0.05, 0) is 30.8 Å². The molecule has 1 aliphatic heterocycles. The number of imidazole rings is 1. The first kappa shape index (κ1) is 22.1. The van der Waals surface area contributed by atoms with Crippen LogP contribution in [0.15, 0.2) is 42.6 Å². The molecule has 0 aliphatic carbocycles. The molecule has 0 amide bonds. The van der Waals surface area contributed by atoms with E-state index in [1.807, 2.05) is 24.3 Å². The molecule has 32 heavy (non-hydrogen) atoms. The van der Waals surface area contributed by atoms with E-state index in [0.717, 1.165) is 44.5 Å². The minimum atomic E-state index is -0.596. The first-order valence-corrected chi connectivity index (χ1v) is 10.6. The van der Waals surface area contributed by atoms with E-state index >= 15 is 0 Å². The molecule has 2 heterocycles. The fourth-order valence-electron chi connectivity index (χ4n) is 3.73. The second kappa shape index (κ2) is 9.20. The van der Waals surface area contributed by atoms with Crippen molar-refractivity contribution in [2.45, 2.75) is 6.54 Å². The molecule has 2 aromatic carbocycles. The summed E-state index contributed by atoms with van der Waals surface area (Å²) < 4.78 is 6.50. The number of carbonyl (C=O) groups is 1. The van der Waals surface area contributed by atoms with E-state index in [0.29, 0.717) is 5.82 Å². The zero-order valence-corrected chi connectivity index (χ0v) is 18.7. The van der Waals surface area contributed by atoms with Crippen LogP contribution in [-0.2, 0) is 11.3 Å². The zero-order chi connectivity index (χ0) is 22.8. The molecular formula is C23H25ClN4O4. The highest BCUT2D eigenvalue weighted by Crippen LogP contribution is 2.37. The number of benzene rings is 2. The van der Waals surface area contributed by atoms with Gasteiger partial charge in [0.2, 0.25) is 0 Å². The van der Waals surface area contributed by atoms with Crippen LogP contribution in [0.1, 0.15) is 16.1 Å². The molecule has 0 saturated carbocycles. The van der Waals surface area contributed by atoms with Gasteiger partial charge in [-0.3, -0.25) is 9.47 Å². The molecule has 0 spiro atoms. The van der Waals surface area contributed by atoms with Crippen LogP contribution in [0.3, 0.4) is 0 Å². The van der Waals surface area contributed by atoms with Gasteiger partial charge in [0, 0.05) is 50.7 Å². The molecule has 0 atom stereocenters. The molecule has 1 aromatic heterocycles. The normalized spacial score (nSPS) is 15.1. The van der Waals surface area contributed by atoms with Crippen molar-refractivity contribution < 1.29 is 19.7 Å². The monoisotopic (exact) mass is 456 g/mol. The Morgan fingerprint density at radius 1 is 1.09 bits per heavy atom. The highest BCUT2D eigenvalue weighted by molar-refractivity contribution is 6.32. The van der Waals surface area contributed by atoms with Gasteiger partial charge in [-0.15, -0.1) is 0 Å². The summed E-state index contributed by atoms with van der Waals surface area (Å²) in [4.78, 5) is 21.2. The first-order valence-electron chi connectivity index (χ1n) is 10.3. The molecule has 4 rings (SSSR count). The van der Waals surface area contributed by atoms with Crippen LogP contribution in [0.2, 0.25) is 5.02 Å². The van der Waals surface area contributed by atoms with Crippen molar-refractivity contribution in [3.05, 3.63) is 58.9 Å². The number of hydrogen-bond donors (Lipinski definition) is 2. The van der Waals surface area contributed by atoms with Gasteiger partial charge in [0.25, 0.3) is 0 Å². The molecule has 0 radical (unpaired) electrons. The van der Waals surface area contributed by atoms with Crippen molar-refractivity contribution in [3.63, 3.8) is 0 Å². The van der Waals surface area contributed by atoms with Gasteiger partial charge in [0.15, 0.2) is 5.69 Å². The number of likely N-dealkylation sites (N-methyl/N-ethyl adjacent to an activating group) is 1. The number of aromatic hydroxyl groups is 2. The lowest BCUT2D eigenvalue weighted by Crippen LogP contribution is -2.43. The van der Waals surface area contributed by atoms with E-state index in [1.54, 1.807) is 10.8 Å². The predicted octanol–water partition coefficient (Wildman–Crippen LogP) is 3.14. The van der Waals surface area contributed by atoms with Crippen LogP contribution >= 0.6 is 11.6 Å². The Hall–Kier alpha value is -3.07. The Morgan fingerprint density at radius 2 is 1.78 bits per heavy atom. The summed E-state index contributed by atoms with van der Waals surface area (Å²) in [5.41, 5.74) is 2.31. The number of rotatable bonds is 5. The van der Waals surface area contributed by atoms with Gasteiger partial charge < -0.3 is 19.8 Å². The first-order chi connectivity index (χ1) is 15.4. The maximum absolute atomic E-state index is 12.1. The number of ether oxygens (including phenoxy) is 1. The Bertz CT molecular complexity index is 1120. The van der Waals surface area contributed by atoms with E-state index in [4.69, 9.17) is 16.3 Å². The highest BCUT2D eigenvalue weighted by Gasteiger charge is 2.21. The molecule has 0 unspecified atom stereocenters. The molecule has 1 aliphatic rings. The van der Waals surface area contributed by atoms with Crippen LogP contribution in [0.25, 0.3) is 17.1 Å². The highest BCUT2D eigenvalue weighted by atomic mass is 35.5. The van der Waals surface area contributed by atoms with Gasteiger partial charge in [-0.1, -0.05) is 23.7 Å². The summed E-state index contributed by atoms with van der Waals surface area (Å²) in [6.07, 6.45) is 1.55. The Morgan fingerprint density at radius 3 is 2.44 bits per heavy atom. The summed E-state index contributed by atoms with van der Waals surface area (Å²) in [6, 6.07) is 10.5. The zero-order valence-electron chi connectivity index (χ0n) is 18.0. The number of phenols is 2. The summed E-state index contributed by atoms with van der Waals surface area (Å²) in [6.45, 7) is 5.06. The SMILES string of the molecule is COC(=O)c1cn(-c2ccc(CN3CCN(C)CC3)cc2)c(-c2cc(Cl)c(O)cc2O)n1. The lowest BCUT2D eigenvalue weighted by molar-refractivity contribution is 0.0594. The number of carbonyl (C=O) groups excluding carboxylic acids is 1. The van der Waals surface area contributed by atoms with Gasteiger partial charge in [0.05, 0.1) is 17.7 Å². The Balaban J connectivity index is 1.67. The minimum Gasteiger partial charge on any atom is -0.507 e. The topological polar surface area (TPSA) is 91.1 Å². The second-order valence-corrected chi connectivity index (χ2v) is 8.29. The Labute approximate surface area is 191 Å². The van der Waals surface area contributed by atoms with Crippen molar-refractivity contribution in [1.82, 2.24) is 19.4 Å². The molecule has 168 valence electrons. The van der Waals surface area contributed by atoms with Crippen LogP contribution in [0, 0.1) is 0 Å². The molecule has 1 fully saturated rings. The Kier molecular flexibility index (Phi) is 6.36. The molecular weight excluding hydrogens is 432 g/mol. The fourth-order valence-corrected chi connectivity index (χ4v) is 3.89. The number of halogens is 1. The third-order valence-electron chi connectivity index (χ3n) is 5.62. The quantitative estimate of drug-likeness (QED) is 0.570. The standard InChI is InChI=1S/C23H25ClN4O4/c1-26-7-9-27(10-8-26)13-15-3-5-16(6-4-15)28-14-19(23(31)32-2)25-22(28)17-11-18(24)21(30)12-20(17)29/h3-6,11-12,14,29-30H,7-10,13H2,1-2H3. The third-order valence-corrected chi connectivity index (χ3v) is 5.93. The average Bonchev–Trinajstić information content (AvgIpc) is 3.23. The number of esters is 1. The smallest absolute Gasteiger partial charge is 0.358 e. The number of nitrogens with zero attached hydrogens (tertiary/aromatic N) is 4. The number of methoxy groups -OCH3 is 1. The second-order valence-electron chi connectivity index (χ2n) is 7.88. The molecule has 3 aromatic rings. The minimum absolute atomic E-state index is 0.0643. The van der Waals surface area contributed by atoms with E-state index in [-0.39, 0.29) is 27.8 Å². The number of hydrogen-bond acceptors (Lipinski definition) is 7. The summed E-state index contributed by atoms with van der Waals surface area (Å²) in [5, 5.41) is 20.2. The van der Waals surface area contributed by atoms with E-state index in [2.05, 4.69) is 21.8 Å². The van der Waals surface area contributed by atoms with Gasteiger partial charge >= 0.3 is 5.97 Å². The van der Waals surface area contributed by atoms with Crippen molar-refractivity contribution >= 4 is 17.6 Å². The summed E-state index contributed by atoms with van der Waals surface area (Å²) in [5.74, 6) is -0.744. The number of aromatic nitrogens is 2. The maximum atomic E-state index is 12.1. The summed E-state index contributed by atoms with van der Waals surface area (Å²) >= 11 is 6.06. The third kappa shape index (κ3) is 4.57. The van der Waals surface area contributed by atoms with Gasteiger partial charge in [0.1, 0.15) is 17.3 Å². The average molecular weight is 457 g/mol. The summed E-state index contributed by atoms with van der Waals surface area (Å²) in [7, 11) is 3.42. The lowest BCUT2D eigenvalue weighted by atomic mass is 10.1. The molecule has 9 heteroatoms. The molecule has 1 saturated heterocycles. The van der Waals surface area contributed by atoms with Crippen LogP contribution in [0.5, 0.6) is 11.5 Å².